The first-order chi connectivity index (χ1) is 34.4. The third kappa shape index (κ3) is 29.4. The minimum atomic E-state index is -0.556. The molecule has 0 aromatic heterocycles. The van der Waals surface area contributed by atoms with Crippen molar-refractivity contribution in [3.05, 3.63) is 180 Å². The number of nitrogens with two attached hydrogens (primary N) is 3. The smallest absolute Gasteiger partial charge is 0.870 e. The number of phenols is 5. The van der Waals surface area contributed by atoms with E-state index in [0.717, 1.165) is 60.1 Å². The number of benzene rings is 7. The first kappa shape index (κ1) is 64.3. The van der Waals surface area contributed by atoms with E-state index in [-0.39, 0.29) is 91.3 Å². The summed E-state index contributed by atoms with van der Waals surface area (Å²) in [4.78, 5) is 9.49. The Labute approximate surface area is 474 Å². The summed E-state index contributed by atoms with van der Waals surface area (Å²) in [6.45, 7) is 3.22. The molecule has 0 unspecified atom stereocenters. The van der Waals surface area contributed by atoms with Crippen LogP contribution in [0.25, 0.3) is 0 Å². The van der Waals surface area contributed by atoms with Gasteiger partial charge in [-0.1, -0.05) is 58.4 Å². The van der Waals surface area contributed by atoms with Crippen LogP contribution < -0.4 is 78.1 Å². The molecule has 0 amide bonds. The van der Waals surface area contributed by atoms with Gasteiger partial charge in [-0.05, 0) is 118 Å². The van der Waals surface area contributed by atoms with Gasteiger partial charge in [0, 0.05) is 47.8 Å². The van der Waals surface area contributed by atoms with Crippen LogP contribution in [0, 0.1) is 10.1 Å². The van der Waals surface area contributed by atoms with Crippen LogP contribution in [0.5, 0.6) is 40.2 Å². The number of nitrogens with zero attached hydrogens (tertiary/aromatic N) is 7. The van der Waals surface area contributed by atoms with Gasteiger partial charge in [0.15, 0.2) is 0 Å². The van der Waals surface area contributed by atoms with Crippen molar-refractivity contribution < 1.29 is 96.8 Å². The van der Waals surface area contributed by atoms with Crippen molar-refractivity contribution in [2.75, 3.05) is 38.2 Å². The summed E-state index contributed by atoms with van der Waals surface area (Å²) in [5.41, 5.74) is 19.6. The van der Waals surface area contributed by atoms with Crippen LogP contribution in [0.3, 0.4) is 0 Å². The molecule has 0 aliphatic rings. The first-order valence-corrected chi connectivity index (χ1v) is 23.0. The second-order valence-corrected chi connectivity index (χ2v) is 15.1. The molecular weight excluding hydrogens is 1030 g/mol. The molecule has 0 atom stereocenters. The Morgan fingerprint density at radius 1 is 0.438 bits per heavy atom. The first-order valence-electron chi connectivity index (χ1n) is 21.9. The maximum atomic E-state index is 10.0. The van der Waals surface area contributed by atoms with Gasteiger partial charge in [0.2, 0.25) is 0 Å². The van der Waals surface area contributed by atoms with Gasteiger partial charge < -0.3 is 57.7 Å². The summed E-state index contributed by atoms with van der Waals surface area (Å²) in [6, 6.07) is 46.2. The molecular formula is C51H58BrKN10O10. The van der Waals surface area contributed by atoms with E-state index in [1.807, 2.05) is 48.5 Å². The fourth-order valence-electron chi connectivity index (χ4n) is 5.07. The molecule has 7 aromatic rings. The predicted octanol–water partition coefficient (Wildman–Crippen LogP) is 9.44. The van der Waals surface area contributed by atoms with Crippen molar-refractivity contribution in [3.8, 4) is 40.2 Å². The Balaban J connectivity index is 0.000000483. The molecule has 7 aromatic carbocycles. The molecule has 0 fully saturated rings. The van der Waals surface area contributed by atoms with Gasteiger partial charge in [0.25, 0.3) is 5.69 Å². The average molecular weight is 1090 g/mol. The van der Waals surface area contributed by atoms with Gasteiger partial charge in [-0.3, -0.25) is 10.1 Å². The summed E-state index contributed by atoms with van der Waals surface area (Å²) in [5.74, 6) is 2.02. The van der Waals surface area contributed by atoms with Gasteiger partial charge in [0.05, 0.1) is 58.3 Å². The van der Waals surface area contributed by atoms with E-state index in [0.29, 0.717) is 49.1 Å². The van der Waals surface area contributed by atoms with E-state index in [9.17, 15) is 30.5 Å². The molecule has 0 saturated carbocycles. The summed E-state index contributed by atoms with van der Waals surface area (Å²) in [7, 11) is 0. The van der Waals surface area contributed by atoms with E-state index in [2.05, 4.69) is 46.6 Å². The van der Waals surface area contributed by atoms with Crippen molar-refractivity contribution in [1.29, 1.82) is 0 Å². The number of ether oxygens (including phenoxy) is 2. The quantitative estimate of drug-likeness (QED) is 0.0105. The van der Waals surface area contributed by atoms with E-state index in [1.54, 1.807) is 72.8 Å². The molecule has 0 saturated heterocycles. The van der Waals surface area contributed by atoms with Crippen molar-refractivity contribution in [3.63, 3.8) is 0 Å². The van der Waals surface area contributed by atoms with Crippen molar-refractivity contribution in [1.82, 2.24) is 0 Å². The largest absolute Gasteiger partial charge is 1.00 e. The molecule has 7 rings (SSSR count). The average Bonchev–Trinajstić information content (AvgIpc) is 3.36. The number of alkyl halides is 1. The Hall–Kier alpha value is -6.70. The number of non-ortho nitro benzene ring substituents is 1. The maximum absolute atomic E-state index is 10.0. The monoisotopic (exact) mass is 1090 g/mol. The third-order valence-electron chi connectivity index (χ3n) is 8.41. The van der Waals surface area contributed by atoms with Gasteiger partial charge in [-0.15, -0.1) is 0 Å². The Morgan fingerprint density at radius 2 is 0.712 bits per heavy atom. The maximum Gasteiger partial charge on any atom is 1.00 e. The van der Waals surface area contributed by atoms with Gasteiger partial charge in [-0.2, -0.15) is 30.7 Å². The molecule has 22 heteroatoms. The number of hydrogen-bond donors (Lipinski definition) is 8. The molecule has 0 heterocycles. The Morgan fingerprint density at radius 3 is 0.945 bits per heavy atom. The van der Waals surface area contributed by atoms with Gasteiger partial charge >= 0.3 is 51.4 Å². The number of phenolic OH excluding ortho intramolecular Hbond substituents is 5. The van der Waals surface area contributed by atoms with Crippen LogP contribution in [0.15, 0.2) is 201 Å². The standard InChI is InChI=1S/C18H24N4O2.2C12H10N2O2.C6H5NO3.C3H8BrN.K.H2O/c19-9-3-11-23-17-7-1-5-15(13-17)21-22-16-6-2-8-18(14-16)24-12-4-10-20;2*15-11-5-1-3-9(7-11)13-14-10-4-2-6-12(16)8-10;8-6-3-1-2-5(4-6)7(9)10;4-2-1-3-5;;/h1-2,5-8,13-14H,3-4,9-12,19-20H2;2*1-8,15-16H;1-4,8H;1-3,5H2;;1H2/q;;;;;+1;/p-1. The zero-order chi connectivity index (χ0) is 51.5. The number of nitro groups is 1. The molecule has 73 heavy (non-hydrogen) atoms. The van der Waals surface area contributed by atoms with Crippen molar-refractivity contribution >= 4 is 55.7 Å². The van der Waals surface area contributed by atoms with Crippen LogP contribution in [0.2, 0.25) is 0 Å². The molecule has 380 valence electrons. The van der Waals surface area contributed by atoms with E-state index in [1.165, 1.54) is 42.5 Å². The minimum absolute atomic E-state index is 0. The normalized spacial score (nSPS) is 10.1. The van der Waals surface area contributed by atoms with Gasteiger partial charge in [0.1, 0.15) is 40.2 Å². The number of rotatable bonds is 17. The molecule has 20 nitrogen and oxygen atoms in total. The fourth-order valence-corrected chi connectivity index (χ4v) is 5.39. The summed E-state index contributed by atoms with van der Waals surface area (Å²) < 4.78 is 11.2. The second kappa shape index (κ2) is 38.9. The molecule has 0 radical (unpaired) electrons. The van der Waals surface area contributed by atoms with Crippen molar-refractivity contribution in [2.24, 2.45) is 47.9 Å². The summed E-state index contributed by atoms with van der Waals surface area (Å²) >= 11 is 3.23. The fraction of sp³-hybridized carbons (Fsp3) is 0.176. The molecule has 0 aliphatic carbocycles. The van der Waals surface area contributed by atoms with E-state index >= 15 is 0 Å². The van der Waals surface area contributed by atoms with Crippen molar-refractivity contribution in [2.45, 2.75) is 19.3 Å². The number of azo groups is 3. The summed E-state index contributed by atoms with van der Waals surface area (Å²) in [5, 5.41) is 80.9. The Kier molecular flexibility index (Phi) is 34.3. The number of nitro benzene ring substituents is 1. The molecule has 0 bridgehead atoms. The Bertz CT molecular complexity index is 2490. The van der Waals surface area contributed by atoms with Crippen LogP contribution in [0.4, 0.5) is 39.8 Å². The van der Waals surface area contributed by atoms with Crippen LogP contribution >= 0.6 is 15.9 Å². The number of hydrogen-bond acceptors (Lipinski definition) is 19. The van der Waals surface area contributed by atoms with Crippen LogP contribution in [-0.4, -0.2) is 74.1 Å². The molecule has 12 N–H and O–H groups in total. The zero-order valence-corrected chi connectivity index (χ0v) is 44.8. The zero-order valence-electron chi connectivity index (χ0n) is 40.1. The van der Waals surface area contributed by atoms with Gasteiger partial charge in [-0.25, -0.2) is 0 Å². The van der Waals surface area contributed by atoms with Crippen LogP contribution in [-0.2, 0) is 0 Å². The molecule has 0 aliphatic heterocycles. The number of halogens is 1. The summed E-state index contributed by atoms with van der Waals surface area (Å²) in [6.07, 6.45) is 2.73. The second-order valence-electron chi connectivity index (χ2n) is 14.3. The topological polar surface area (TPSA) is 345 Å². The third-order valence-corrected chi connectivity index (χ3v) is 8.97. The SMILES string of the molecule is NCCCBr.NCCCOc1cccc(N=Nc2cccc(OCCCN)c2)c1.O=[N+]([O-])c1cccc(O)c1.Oc1cccc(N=Nc2cccc(O)c2)c1.Oc1cccc(N=Nc2cccc(O)c2)c1.[K+].[OH-]. The van der Waals surface area contributed by atoms with Crippen LogP contribution in [0.1, 0.15) is 19.3 Å². The van der Waals surface area contributed by atoms with E-state index in [4.69, 9.17) is 31.8 Å². The molecule has 0 spiro atoms. The van der Waals surface area contributed by atoms with E-state index < -0.39 is 4.92 Å². The number of aromatic hydroxyl groups is 5. The predicted molar refractivity (Wildman–Crippen MR) is 280 cm³/mol. The minimum Gasteiger partial charge on any atom is -0.870 e.